The van der Waals surface area contributed by atoms with Crippen LogP contribution in [0.5, 0.6) is 0 Å². The quantitative estimate of drug-likeness (QED) is 0.630. The first-order valence-corrected chi connectivity index (χ1v) is 5.11. The fraction of sp³-hybridized carbons (Fsp3) is 0.500. The molecule has 1 aromatic rings. The summed E-state index contributed by atoms with van der Waals surface area (Å²) in [6.45, 7) is 1.94. The van der Waals surface area contributed by atoms with E-state index in [1.165, 1.54) is 12.3 Å². The normalized spacial score (nSPS) is 10.2. The van der Waals surface area contributed by atoms with Crippen LogP contribution in [0.2, 0.25) is 0 Å². The lowest BCUT2D eigenvalue weighted by Gasteiger charge is -2.07. The second kappa shape index (κ2) is 7.53. The van der Waals surface area contributed by atoms with Crippen LogP contribution in [-0.4, -0.2) is 54.7 Å². The number of anilines is 1. The van der Waals surface area contributed by atoms with Gasteiger partial charge in [0.05, 0.1) is 26.0 Å². The number of nitrogens with one attached hydrogen (secondary N) is 1. The maximum atomic E-state index is 10.8. The minimum atomic E-state index is -1.04. The van der Waals surface area contributed by atoms with Crippen LogP contribution >= 0.6 is 0 Å². The van der Waals surface area contributed by atoms with Crippen molar-refractivity contribution in [1.29, 1.82) is 0 Å². The number of aromatic carboxylic acids is 1. The molecule has 0 amide bonds. The molecule has 0 saturated heterocycles. The van der Waals surface area contributed by atoms with Gasteiger partial charge in [-0.25, -0.2) is 4.79 Å². The summed E-state index contributed by atoms with van der Waals surface area (Å²) in [5, 5.41) is 19.1. The van der Waals surface area contributed by atoms with E-state index < -0.39 is 5.97 Å². The predicted molar refractivity (Wildman–Crippen MR) is 60.2 cm³/mol. The van der Waals surface area contributed by atoms with E-state index in [0.717, 1.165) is 0 Å². The zero-order valence-electron chi connectivity index (χ0n) is 9.55. The first-order valence-electron chi connectivity index (χ1n) is 5.11. The zero-order chi connectivity index (χ0) is 12.5. The number of hydrogen-bond donors (Lipinski definition) is 2. The first kappa shape index (κ1) is 13.3. The Morgan fingerprint density at radius 3 is 3.00 bits per heavy atom. The Morgan fingerprint density at radius 1 is 1.47 bits per heavy atom. The lowest BCUT2D eigenvalue weighted by atomic mass is 10.3. The standard InChI is InChI=1S/C10H15N3O4/c1-16-6-7-17-5-4-11-9-8(10(14)15)2-3-12-13-9/h2-3H,4-7H2,1H3,(H,11,13)(H,14,15). The van der Waals surface area contributed by atoms with Gasteiger partial charge in [-0.1, -0.05) is 0 Å². The molecule has 0 bridgehead atoms. The van der Waals surface area contributed by atoms with Crippen LogP contribution in [0, 0.1) is 0 Å². The number of ether oxygens (including phenoxy) is 2. The lowest BCUT2D eigenvalue weighted by molar-refractivity contribution is 0.0696. The van der Waals surface area contributed by atoms with Crippen LogP contribution < -0.4 is 5.32 Å². The van der Waals surface area contributed by atoms with E-state index in [1.54, 1.807) is 7.11 Å². The third kappa shape index (κ3) is 4.75. The molecule has 2 N–H and O–H groups in total. The van der Waals surface area contributed by atoms with Gasteiger partial charge < -0.3 is 19.9 Å². The zero-order valence-corrected chi connectivity index (χ0v) is 9.55. The highest BCUT2D eigenvalue weighted by atomic mass is 16.5. The molecule has 0 spiro atoms. The summed E-state index contributed by atoms with van der Waals surface area (Å²) >= 11 is 0. The van der Waals surface area contributed by atoms with Gasteiger partial charge in [0.25, 0.3) is 0 Å². The second-order valence-corrected chi connectivity index (χ2v) is 3.13. The van der Waals surface area contributed by atoms with Gasteiger partial charge in [0.1, 0.15) is 5.56 Å². The maximum absolute atomic E-state index is 10.8. The lowest BCUT2D eigenvalue weighted by Crippen LogP contribution is -2.15. The number of aromatic nitrogens is 2. The minimum absolute atomic E-state index is 0.0943. The summed E-state index contributed by atoms with van der Waals surface area (Å²) in [6, 6.07) is 1.39. The molecular formula is C10H15N3O4. The molecule has 0 unspecified atom stereocenters. The second-order valence-electron chi connectivity index (χ2n) is 3.13. The van der Waals surface area contributed by atoms with Crippen LogP contribution in [0.4, 0.5) is 5.82 Å². The molecule has 1 rings (SSSR count). The average Bonchev–Trinajstić information content (AvgIpc) is 2.34. The fourth-order valence-corrected chi connectivity index (χ4v) is 1.12. The van der Waals surface area contributed by atoms with Crippen molar-refractivity contribution in [1.82, 2.24) is 10.2 Å². The molecule has 1 heterocycles. The topological polar surface area (TPSA) is 93.6 Å². The third-order valence-corrected chi connectivity index (χ3v) is 1.92. The molecule has 1 aromatic heterocycles. The Morgan fingerprint density at radius 2 is 2.29 bits per heavy atom. The molecule has 7 nitrogen and oxygen atoms in total. The molecule has 0 atom stereocenters. The van der Waals surface area contributed by atoms with Crippen LogP contribution in [0.25, 0.3) is 0 Å². The highest BCUT2D eigenvalue weighted by Crippen LogP contribution is 2.08. The van der Waals surface area contributed by atoms with Gasteiger partial charge in [0.2, 0.25) is 0 Å². The van der Waals surface area contributed by atoms with Crippen molar-refractivity contribution < 1.29 is 19.4 Å². The summed E-state index contributed by atoms with van der Waals surface area (Å²) in [5.74, 6) is -0.793. The van der Waals surface area contributed by atoms with Crippen molar-refractivity contribution in [3.8, 4) is 0 Å². The van der Waals surface area contributed by atoms with E-state index in [-0.39, 0.29) is 11.4 Å². The van der Waals surface area contributed by atoms with E-state index >= 15 is 0 Å². The number of carbonyl (C=O) groups is 1. The van der Waals surface area contributed by atoms with Crippen molar-refractivity contribution in [2.75, 3.05) is 38.8 Å². The molecule has 0 radical (unpaired) electrons. The highest BCUT2D eigenvalue weighted by Gasteiger charge is 2.10. The molecule has 0 aromatic carbocycles. The minimum Gasteiger partial charge on any atom is -0.478 e. The summed E-state index contributed by atoms with van der Waals surface area (Å²) in [7, 11) is 1.60. The Balaban J connectivity index is 2.34. The Labute approximate surface area is 98.8 Å². The van der Waals surface area contributed by atoms with Crippen LogP contribution in [0.15, 0.2) is 12.3 Å². The summed E-state index contributed by atoms with van der Waals surface area (Å²) in [6.07, 6.45) is 1.34. The molecule has 17 heavy (non-hydrogen) atoms. The van der Waals surface area contributed by atoms with Crippen LogP contribution in [-0.2, 0) is 9.47 Å². The SMILES string of the molecule is COCCOCCNc1nnccc1C(=O)O. The van der Waals surface area contributed by atoms with Crippen molar-refractivity contribution in [3.05, 3.63) is 17.8 Å². The fourth-order valence-electron chi connectivity index (χ4n) is 1.12. The van der Waals surface area contributed by atoms with E-state index in [4.69, 9.17) is 14.6 Å². The van der Waals surface area contributed by atoms with Gasteiger partial charge in [-0.15, -0.1) is 5.10 Å². The summed E-state index contributed by atoms with van der Waals surface area (Å²) in [5.41, 5.74) is 0.0943. The molecule has 94 valence electrons. The first-order chi connectivity index (χ1) is 8.25. The van der Waals surface area contributed by atoms with Gasteiger partial charge in [-0.2, -0.15) is 5.10 Å². The molecule has 0 fully saturated rings. The van der Waals surface area contributed by atoms with Gasteiger partial charge in [0, 0.05) is 13.7 Å². The van der Waals surface area contributed by atoms with Gasteiger partial charge >= 0.3 is 5.97 Å². The van der Waals surface area contributed by atoms with E-state index in [9.17, 15) is 4.79 Å². The molecule has 0 aliphatic carbocycles. The van der Waals surface area contributed by atoms with Gasteiger partial charge in [-0.05, 0) is 6.07 Å². The van der Waals surface area contributed by atoms with Crippen molar-refractivity contribution in [3.63, 3.8) is 0 Å². The Bertz CT molecular complexity index is 359. The Hall–Kier alpha value is -1.73. The summed E-state index contributed by atoms with van der Waals surface area (Å²) < 4.78 is 10.0. The third-order valence-electron chi connectivity index (χ3n) is 1.92. The predicted octanol–water partition coefficient (Wildman–Crippen LogP) is 0.250. The van der Waals surface area contributed by atoms with Crippen LogP contribution in [0.3, 0.4) is 0 Å². The molecule has 0 saturated carbocycles. The van der Waals surface area contributed by atoms with Gasteiger partial charge in [-0.3, -0.25) is 0 Å². The number of nitrogens with zero attached hydrogens (tertiary/aromatic N) is 2. The average molecular weight is 241 g/mol. The highest BCUT2D eigenvalue weighted by molar-refractivity contribution is 5.92. The molecule has 0 aliphatic rings. The number of rotatable bonds is 8. The molecule has 7 heteroatoms. The number of carboxylic acid groups (broad SMARTS) is 1. The van der Waals surface area contributed by atoms with Gasteiger partial charge in [0.15, 0.2) is 5.82 Å². The number of hydrogen-bond acceptors (Lipinski definition) is 6. The number of carboxylic acids is 1. The van der Waals surface area contributed by atoms with E-state index in [1.807, 2.05) is 0 Å². The number of methoxy groups -OCH3 is 1. The Kier molecular flexibility index (Phi) is 5.91. The van der Waals surface area contributed by atoms with E-state index in [2.05, 4.69) is 15.5 Å². The largest absolute Gasteiger partial charge is 0.478 e. The smallest absolute Gasteiger partial charge is 0.339 e. The molecule has 0 aliphatic heterocycles. The van der Waals surface area contributed by atoms with Crippen molar-refractivity contribution in [2.24, 2.45) is 0 Å². The van der Waals surface area contributed by atoms with Crippen molar-refractivity contribution >= 4 is 11.8 Å². The van der Waals surface area contributed by atoms with E-state index in [0.29, 0.717) is 26.4 Å². The molecular weight excluding hydrogens is 226 g/mol. The maximum Gasteiger partial charge on any atom is 0.339 e. The monoisotopic (exact) mass is 241 g/mol. The van der Waals surface area contributed by atoms with Crippen molar-refractivity contribution in [2.45, 2.75) is 0 Å². The van der Waals surface area contributed by atoms with Crippen LogP contribution in [0.1, 0.15) is 10.4 Å². The summed E-state index contributed by atoms with van der Waals surface area (Å²) in [4.78, 5) is 10.8.